The number of carbonyl (C=O) groups excluding carboxylic acids is 1. The van der Waals surface area contributed by atoms with E-state index in [0.717, 1.165) is 49.4 Å². The van der Waals surface area contributed by atoms with Crippen LogP contribution in [0, 0.1) is 0 Å². The Bertz CT molecular complexity index is 817. The second-order valence-corrected chi connectivity index (χ2v) is 8.19. The maximum Gasteiger partial charge on any atom is 0.240 e. The number of nitrogens with one attached hydrogen (secondary N) is 1. The van der Waals surface area contributed by atoms with Gasteiger partial charge in [0.1, 0.15) is 5.75 Å². The number of aromatic nitrogens is 1. The number of nitrogens with zero attached hydrogens (tertiary/aromatic N) is 2. The number of piperidine rings is 1. The fraction of sp³-hybridized carbons (Fsp3) is 0.500. The van der Waals surface area contributed by atoms with Crippen molar-refractivity contribution in [1.29, 1.82) is 0 Å². The highest BCUT2D eigenvalue weighted by atomic mass is 32.1. The van der Waals surface area contributed by atoms with Gasteiger partial charge in [-0.1, -0.05) is 0 Å². The summed E-state index contributed by atoms with van der Waals surface area (Å²) < 4.78 is 11.0. The van der Waals surface area contributed by atoms with E-state index < -0.39 is 11.7 Å². The van der Waals surface area contributed by atoms with E-state index in [0.29, 0.717) is 11.7 Å². The molecule has 4 rings (SSSR count). The van der Waals surface area contributed by atoms with Gasteiger partial charge >= 0.3 is 0 Å². The topological polar surface area (TPSA) is 83.9 Å². The van der Waals surface area contributed by atoms with Gasteiger partial charge in [0, 0.05) is 30.6 Å². The summed E-state index contributed by atoms with van der Waals surface area (Å²) in [7, 11) is 1.63. The monoisotopic (exact) mass is 403 g/mol. The lowest BCUT2D eigenvalue weighted by molar-refractivity contribution is -0.135. The van der Waals surface area contributed by atoms with Gasteiger partial charge in [0.2, 0.25) is 5.91 Å². The zero-order valence-corrected chi connectivity index (χ0v) is 16.7. The SMILES string of the molecule is COc1ccc(-c2csc(NC(=O)CN3CC[C@@]4(CCCO4)[C@@H](O)C3)n2)cc1. The van der Waals surface area contributed by atoms with Crippen molar-refractivity contribution in [2.24, 2.45) is 0 Å². The minimum absolute atomic E-state index is 0.119. The van der Waals surface area contributed by atoms with E-state index in [9.17, 15) is 9.90 Å². The zero-order chi connectivity index (χ0) is 19.6. The summed E-state index contributed by atoms with van der Waals surface area (Å²) in [6.45, 7) is 2.17. The number of aliphatic hydroxyl groups is 1. The van der Waals surface area contributed by atoms with Crippen molar-refractivity contribution in [3.05, 3.63) is 29.6 Å². The number of hydrogen-bond acceptors (Lipinski definition) is 7. The van der Waals surface area contributed by atoms with Crippen LogP contribution in [0.4, 0.5) is 5.13 Å². The van der Waals surface area contributed by atoms with Gasteiger partial charge in [-0.2, -0.15) is 0 Å². The lowest BCUT2D eigenvalue weighted by Gasteiger charge is -2.42. The van der Waals surface area contributed by atoms with Crippen molar-refractivity contribution < 1.29 is 19.4 Å². The molecule has 150 valence electrons. The van der Waals surface area contributed by atoms with E-state index in [1.54, 1.807) is 7.11 Å². The van der Waals surface area contributed by atoms with Crippen LogP contribution in [0.5, 0.6) is 5.75 Å². The normalized spacial score (nSPS) is 25.1. The quantitative estimate of drug-likeness (QED) is 0.798. The smallest absolute Gasteiger partial charge is 0.240 e. The maximum absolute atomic E-state index is 12.4. The zero-order valence-electron chi connectivity index (χ0n) is 15.9. The molecule has 0 unspecified atom stereocenters. The predicted molar refractivity (Wildman–Crippen MR) is 108 cm³/mol. The third-order valence-corrected chi connectivity index (χ3v) is 6.28. The second kappa shape index (κ2) is 8.16. The number of carbonyl (C=O) groups is 1. The molecule has 0 saturated carbocycles. The van der Waals surface area contributed by atoms with Crippen LogP contribution in [0.25, 0.3) is 11.3 Å². The van der Waals surface area contributed by atoms with E-state index in [4.69, 9.17) is 9.47 Å². The van der Waals surface area contributed by atoms with Crippen LogP contribution in [0.2, 0.25) is 0 Å². The van der Waals surface area contributed by atoms with Gasteiger partial charge in [0.25, 0.3) is 0 Å². The minimum atomic E-state index is -0.543. The molecule has 2 aliphatic heterocycles. The van der Waals surface area contributed by atoms with E-state index >= 15 is 0 Å². The molecule has 1 aromatic heterocycles. The van der Waals surface area contributed by atoms with E-state index in [-0.39, 0.29) is 12.5 Å². The van der Waals surface area contributed by atoms with Gasteiger partial charge in [-0.25, -0.2) is 4.98 Å². The Kier molecular flexibility index (Phi) is 5.63. The maximum atomic E-state index is 12.4. The van der Waals surface area contributed by atoms with Crippen LogP contribution in [-0.2, 0) is 9.53 Å². The van der Waals surface area contributed by atoms with Crippen LogP contribution >= 0.6 is 11.3 Å². The fourth-order valence-electron chi connectivity index (χ4n) is 3.93. The molecule has 2 N–H and O–H groups in total. The lowest BCUT2D eigenvalue weighted by Crippen LogP contribution is -2.56. The Labute approximate surface area is 168 Å². The second-order valence-electron chi connectivity index (χ2n) is 7.33. The molecule has 0 radical (unpaired) electrons. The number of methoxy groups -OCH3 is 1. The molecule has 1 aromatic carbocycles. The molecular weight excluding hydrogens is 378 g/mol. The minimum Gasteiger partial charge on any atom is -0.497 e. The summed E-state index contributed by atoms with van der Waals surface area (Å²) in [6, 6.07) is 7.65. The van der Waals surface area contributed by atoms with Crippen molar-refractivity contribution >= 4 is 22.4 Å². The fourth-order valence-corrected chi connectivity index (χ4v) is 4.66. The van der Waals surface area contributed by atoms with Crippen LogP contribution in [0.15, 0.2) is 29.6 Å². The van der Waals surface area contributed by atoms with Gasteiger partial charge in [0.15, 0.2) is 5.13 Å². The predicted octanol–water partition coefficient (Wildman–Crippen LogP) is 2.37. The molecule has 8 heteroatoms. The Balaban J connectivity index is 1.31. The largest absolute Gasteiger partial charge is 0.497 e. The lowest BCUT2D eigenvalue weighted by atomic mass is 9.86. The summed E-state index contributed by atoms with van der Waals surface area (Å²) in [5.74, 6) is 0.673. The Morgan fingerprint density at radius 3 is 2.93 bits per heavy atom. The van der Waals surface area contributed by atoms with Crippen molar-refractivity contribution in [2.75, 3.05) is 38.7 Å². The Morgan fingerprint density at radius 1 is 1.43 bits per heavy atom. The number of aliphatic hydroxyl groups excluding tert-OH is 1. The van der Waals surface area contributed by atoms with Gasteiger partial charge in [-0.3, -0.25) is 9.69 Å². The van der Waals surface area contributed by atoms with Crippen molar-refractivity contribution in [3.63, 3.8) is 0 Å². The van der Waals surface area contributed by atoms with Crippen LogP contribution < -0.4 is 10.1 Å². The van der Waals surface area contributed by atoms with E-state index in [2.05, 4.69) is 10.3 Å². The highest BCUT2D eigenvalue weighted by molar-refractivity contribution is 7.14. The third kappa shape index (κ3) is 4.05. The number of anilines is 1. The highest BCUT2D eigenvalue weighted by Gasteiger charge is 2.45. The number of β-amino-alcohol motifs (C(OH)–C–C–N with tert-alkyl or cyclic N) is 1. The third-order valence-electron chi connectivity index (χ3n) is 5.53. The number of likely N-dealkylation sites (tertiary alicyclic amines) is 1. The molecule has 0 bridgehead atoms. The first-order valence-corrected chi connectivity index (χ1v) is 10.4. The molecule has 2 fully saturated rings. The van der Waals surface area contributed by atoms with Crippen molar-refractivity contribution in [2.45, 2.75) is 31.0 Å². The molecule has 3 heterocycles. The molecule has 2 atom stereocenters. The number of amides is 1. The summed E-state index contributed by atoms with van der Waals surface area (Å²) in [5.41, 5.74) is 1.39. The number of thiazole rings is 1. The molecule has 1 amide bonds. The number of ether oxygens (including phenoxy) is 2. The van der Waals surface area contributed by atoms with Gasteiger partial charge < -0.3 is 19.9 Å². The Morgan fingerprint density at radius 2 is 2.25 bits per heavy atom. The Hall–Kier alpha value is -2.00. The molecule has 2 saturated heterocycles. The van der Waals surface area contributed by atoms with Gasteiger partial charge in [-0.15, -0.1) is 11.3 Å². The molecule has 2 aliphatic rings. The van der Waals surface area contributed by atoms with E-state index in [1.807, 2.05) is 34.5 Å². The van der Waals surface area contributed by atoms with Gasteiger partial charge in [-0.05, 0) is 43.5 Å². The van der Waals surface area contributed by atoms with Crippen LogP contribution in [-0.4, -0.2) is 66.0 Å². The van der Waals surface area contributed by atoms with Crippen LogP contribution in [0.3, 0.4) is 0 Å². The van der Waals surface area contributed by atoms with Crippen molar-refractivity contribution in [1.82, 2.24) is 9.88 Å². The summed E-state index contributed by atoms with van der Waals surface area (Å²) in [5, 5.41) is 15.8. The average Bonchev–Trinajstić information content (AvgIpc) is 3.35. The summed E-state index contributed by atoms with van der Waals surface area (Å²) >= 11 is 1.40. The first-order chi connectivity index (χ1) is 13.6. The number of rotatable bonds is 5. The first-order valence-electron chi connectivity index (χ1n) is 9.52. The van der Waals surface area contributed by atoms with Crippen molar-refractivity contribution in [3.8, 4) is 17.0 Å². The standard InChI is InChI=1S/C20H25N3O4S/c1-26-15-5-3-14(4-6-15)16-13-28-19(21-16)22-18(25)12-23-9-8-20(17(24)11-23)7-2-10-27-20/h3-6,13,17,24H,2,7-12H2,1H3,(H,21,22,25)/t17-,20-/m0/s1. The highest BCUT2D eigenvalue weighted by Crippen LogP contribution is 2.36. The number of hydrogen-bond donors (Lipinski definition) is 2. The number of benzene rings is 1. The molecular formula is C20H25N3O4S. The molecule has 1 spiro atoms. The molecule has 7 nitrogen and oxygen atoms in total. The molecule has 28 heavy (non-hydrogen) atoms. The summed E-state index contributed by atoms with van der Waals surface area (Å²) in [4.78, 5) is 18.9. The van der Waals surface area contributed by atoms with Gasteiger partial charge in [0.05, 0.1) is 31.1 Å². The molecule has 2 aromatic rings. The first kappa shape index (κ1) is 19.3. The molecule has 0 aliphatic carbocycles. The van der Waals surface area contributed by atoms with Crippen LogP contribution in [0.1, 0.15) is 19.3 Å². The summed E-state index contributed by atoms with van der Waals surface area (Å²) in [6.07, 6.45) is 2.12. The van der Waals surface area contributed by atoms with E-state index in [1.165, 1.54) is 11.3 Å². The average molecular weight is 404 g/mol.